The Labute approximate surface area is 254 Å². The van der Waals surface area contributed by atoms with Crippen molar-refractivity contribution in [2.75, 3.05) is 34.7 Å². The van der Waals surface area contributed by atoms with Crippen LogP contribution < -0.4 is 34.3 Å². The number of fused-ring (bicyclic) bond motifs is 3. The Morgan fingerprint density at radius 2 is 1.67 bits per heavy atom. The summed E-state index contributed by atoms with van der Waals surface area (Å²) in [6.07, 6.45) is 3.03. The van der Waals surface area contributed by atoms with Crippen molar-refractivity contribution in [2.45, 2.75) is 12.0 Å². The molecule has 13 heteroatoms. The van der Waals surface area contributed by atoms with Crippen LogP contribution in [0.25, 0.3) is 0 Å². The van der Waals surface area contributed by atoms with Crippen molar-refractivity contribution in [1.29, 1.82) is 0 Å². The molecule has 0 spiro atoms. The predicted octanol–water partition coefficient (Wildman–Crippen LogP) is 3.88. The average molecular weight is 657 g/mol. The number of carbonyl (C=O) groups excluding carboxylic acids is 2. The quantitative estimate of drug-likeness (QED) is 0.297. The number of halogens is 1. The second-order valence-corrected chi connectivity index (χ2v) is 11.2. The van der Waals surface area contributed by atoms with Crippen LogP contribution in [0.2, 0.25) is 0 Å². The first kappa shape index (κ1) is 28.0. The van der Waals surface area contributed by atoms with Gasteiger partial charge in [-0.1, -0.05) is 0 Å². The van der Waals surface area contributed by atoms with Crippen LogP contribution in [-0.2, 0) is 9.53 Å². The highest BCUT2D eigenvalue weighted by atomic mass is 79.9. The maximum absolute atomic E-state index is 13.4. The lowest BCUT2D eigenvalue weighted by Crippen LogP contribution is -2.47. The first-order valence-electron chi connectivity index (χ1n) is 12.9. The summed E-state index contributed by atoms with van der Waals surface area (Å²) in [4.78, 5) is 30.3. The van der Waals surface area contributed by atoms with Gasteiger partial charge in [-0.15, -0.1) is 0 Å². The molecule has 11 nitrogen and oxygen atoms in total. The molecule has 3 aromatic rings. The number of hydrogen-bond donors (Lipinski definition) is 2. The minimum absolute atomic E-state index is 0.0786. The summed E-state index contributed by atoms with van der Waals surface area (Å²) in [6.45, 7) is 0.233. The third-order valence-electron chi connectivity index (χ3n) is 7.71. The number of amides is 1. The van der Waals surface area contributed by atoms with Crippen LogP contribution in [0.1, 0.15) is 39.0 Å². The molecule has 2 aromatic carbocycles. The highest BCUT2D eigenvalue weighted by Gasteiger charge is 2.53. The van der Waals surface area contributed by atoms with Crippen LogP contribution >= 0.6 is 28.1 Å². The Morgan fingerprint density at radius 3 is 2.31 bits per heavy atom. The molecule has 2 aliphatic heterocycles. The first-order chi connectivity index (χ1) is 20.3. The van der Waals surface area contributed by atoms with Crippen LogP contribution in [0.15, 0.2) is 47.2 Å². The van der Waals surface area contributed by atoms with Crippen LogP contribution in [0.5, 0.6) is 28.7 Å². The topological polar surface area (TPSA) is 126 Å². The molecule has 0 radical (unpaired) electrons. The molecular weight excluding hydrogens is 630 g/mol. The molecule has 2 N–H and O–H groups in total. The smallest absolute Gasteiger partial charge is 0.310 e. The van der Waals surface area contributed by atoms with E-state index in [2.05, 4.69) is 31.5 Å². The SMILES string of the molecule is COc1cc([C@@H]2c3cc4c(cc3[C@@H](NC(=S)NC(=O)c3cncc(Br)c3)[C@H]3COC(=O)[C@H]23)OCO4)cc(OC)c1OC. The maximum Gasteiger partial charge on any atom is 0.310 e. The molecule has 3 heterocycles. The zero-order valence-electron chi connectivity index (χ0n) is 22.8. The second-order valence-electron chi connectivity index (χ2n) is 9.89. The molecule has 3 aliphatic rings. The zero-order chi connectivity index (χ0) is 29.5. The summed E-state index contributed by atoms with van der Waals surface area (Å²) in [7, 11) is 4.62. The van der Waals surface area contributed by atoms with Gasteiger partial charge >= 0.3 is 5.97 Å². The van der Waals surface area contributed by atoms with Gasteiger partial charge in [-0.25, -0.2) is 0 Å². The third-order valence-corrected chi connectivity index (χ3v) is 8.37. The highest BCUT2D eigenvalue weighted by molar-refractivity contribution is 9.10. The predicted molar refractivity (Wildman–Crippen MR) is 156 cm³/mol. The number of benzene rings is 2. The van der Waals surface area contributed by atoms with E-state index in [1.54, 1.807) is 26.5 Å². The fourth-order valence-corrected chi connectivity index (χ4v) is 6.50. The summed E-state index contributed by atoms with van der Waals surface area (Å²) in [6, 6.07) is 8.61. The summed E-state index contributed by atoms with van der Waals surface area (Å²) in [5.74, 6) is 0.359. The van der Waals surface area contributed by atoms with Gasteiger partial charge in [0.2, 0.25) is 12.5 Å². The van der Waals surface area contributed by atoms with Gasteiger partial charge in [0, 0.05) is 28.7 Å². The minimum Gasteiger partial charge on any atom is -0.493 e. The van der Waals surface area contributed by atoms with Gasteiger partial charge in [-0.05, 0) is 75.2 Å². The van der Waals surface area contributed by atoms with Crippen molar-refractivity contribution in [1.82, 2.24) is 15.6 Å². The van der Waals surface area contributed by atoms with Crippen molar-refractivity contribution < 1.29 is 38.0 Å². The van der Waals surface area contributed by atoms with Crippen molar-refractivity contribution in [2.24, 2.45) is 11.8 Å². The molecular formula is C29H26BrN3O8S. The second kappa shape index (κ2) is 11.3. The fraction of sp³-hybridized carbons (Fsp3) is 0.310. The highest BCUT2D eigenvalue weighted by Crippen LogP contribution is 2.55. The molecule has 1 aromatic heterocycles. The number of esters is 1. The first-order valence-corrected chi connectivity index (χ1v) is 14.2. The molecule has 218 valence electrons. The van der Waals surface area contributed by atoms with Gasteiger partial charge in [0.25, 0.3) is 5.91 Å². The Bertz CT molecular complexity index is 1580. The Hall–Kier alpha value is -4.10. The molecule has 0 unspecified atom stereocenters. The molecule has 42 heavy (non-hydrogen) atoms. The van der Waals surface area contributed by atoms with E-state index in [1.165, 1.54) is 13.3 Å². The molecule has 1 fully saturated rings. The largest absolute Gasteiger partial charge is 0.493 e. The number of thiocarbonyl (C=S) groups is 1. The van der Waals surface area contributed by atoms with E-state index in [0.29, 0.717) is 38.8 Å². The van der Waals surface area contributed by atoms with E-state index in [-0.39, 0.29) is 30.4 Å². The number of cyclic esters (lactones) is 1. The number of methoxy groups -OCH3 is 3. The number of hydrogen-bond acceptors (Lipinski definition) is 10. The average Bonchev–Trinajstić information content (AvgIpc) is 3.61. The number of ether oxygens (including phenoxy) is 6. The number of pyridine rings is 1. The van der Waals surface area contributed by atoms with Crippen molar-refractivity contribution in [3.05, 3.63) is 69.5 Å². The van der Waals surface area contributed by atoms with E-state index in [0.717, 1.165) is 16.7 Å². The number of nitrogens with zero attached hydrogens (tertiary/aromatic N) is 1. The lowest BCUT2D eigenvalue weighted by atomic mass is 9.65. The van der Waals surface area contributed by atoms with Crippen LogP contribution in [0.3, 0.4) is 0 Å². The van der Waals surface area contributed by atoms with Gasteiger partial charge in [0.1, 0.15) is 0 Å². The Balaban J connectivity index is 1.42. The maximum atomic E-state index is 13.4. The van der Waals surface area contributed by atoms with Gasteiger partial charge in [-0.2, -0.15) is 0 Å². The molecule has 4 atom stereocenters. The third kappa shape index (κ3) is 4.86. The van der Waals surface area contributed by atoms with E-state index in [9.17, 15) is 9.59 Å². The van der Waals surface area contributed by atoms with Gasteiger partial charge < -0.3 is 33.7 Å². The molecule has 1 saturated heterocycles. The van der Waals surface area contributed by atoms with E-state index < -0.39 is 23.8 Å². The van der Waals surface area contributed by atoms with Crippen molar-refractivity contribution >= 4 is 45.1 Å². The standard InChI is InChI=1S/C29H26BrN3O8S/c1-36-21-5-13(6-22(37-2)26(21)38-3)23-16-7-19-20(41-12-40-19)8-17(16)25(18-11-39-28(35)24(18)23)32-29(42)33-27(34)14-4-15(30)10-31-9-14/h4-10,18,23-25H,11-12H2,1-3H3,(H2,32,33,34,42)/t18-,23+,24-,25+/m0/s1. The molecule has 1 amide bonds. The number of aromatic nitrogens is 1. The van der Waals surface area contributed by atoms with Crippen LogP contribution in [0, 0.1) is 11.8 Å². The summed E-state index contributed by atoms with van der Waals surface area (Å²) >= 11 is 8.90. The molecule has 1 aliphatic carbocycles. The Morgan fingerprint density at radius 1 is 0.976 bits per heavy atom. The normalized spacial score (nSPS) is 21.5. The van der Waals surface area contributed by atoms with Gasteiger partial charge in [0.15, 0.2) is 28.1 Å². The zero-order valence-corrected chi connectivity index (χ0v) is 25.2. The fourth-order valence-electron chi connectivity index (χ4n) is 5.92. The van der Waals surface area contributed by atoms with E-state index >= 15 is 0 Å². The number of carbonyl (C=O) groups is 2. The lowest BCUT2D eigenvalue weighted by Gasteiger charge is -2.40. The van der Waals surface area contributed by atoms with Crippen molar-refractivity contribution in [3.8, 4) is 28.7 Å². The summed E-state index contributed by atoms with van der Waals surface area (Å²) in [5.41, 5.74) is 2.75. The number of rotatable bonds is 6. The lowest BCUT2D eigenvalue weighted by molar-refractivity contribution is -0.141. The van der Waals surface area contributed by atoms with E-state index in [1.807, 2.05) is 24.3 Å². The van der Waals surface area contributed by atoms with Gasteiger partial charge in [0.05, 0.1) is 45.5 Å². The van der Waals surface area contributed by atoms with Crippen LogP contribution in [-0.4, -0.2) is 56.7 Å². The monoisotopic (exact) mass is 655 g/mol. The molecule has 0 saturated carbocycles. The minimum atomic E-state index is -0.592. The summed E-state index contributed by atoms with van der Waals surface area (Å²) < 4.78 is 34.5. The van der Waals surface area contributed by atoms with Crippen LogP contribution in [0.4, 0.5) is 0 Å². The summed E-state index contributed by atoms with van der Waals surface area (Å²) in [5, 5.41) is 6.10. The van der Waals surface area contributed by atoms with Gasteiger partial charge in [-0.3, -0.25) is 19.9 Å². The molecule has 6 rings (SSSR count). The Kier molecular flexibility index (Phi) is 7.54. The van der Waals surface area contributed by atoms with Crippen molar-refractivity contribution in [3.63, 3.8) is 0 Å². The van der Waals surface area contributed by atoms with E-state index in [4.69, 9.17) is 40.6 Å². The molecule has 0 bridgehead atoms. The number of nitrogens with one attached hydrogen (secondary N) is 2.